The second-order valence-electron chi connectivity index (χ2n) is 18.1. The van der Waals surface area contributed by atoms with Crippen LogP contribution in [0, 0.1) is 0 Å². The molecule has 0 spiro atoms. The molecule has 5 nitrogen and oxygen atoms in total. The smallest absolute Gasteiger partial charge is 0.306 e. The Morgan fingerprint density at radius 2 is 0.682 bits per heavy atom. The molecule has 0 heterocycles. The fourth-order valence-corrected chi connectivity index (χ4v) is 7.55. The Hall–Kier alpha value is -3.18. The number of unbranched alkanes of at least 4 members (excludes halogenated alkanes) is 23. The van der Waals surface area contributed by atoms with E-state index in [-0.39, 0.29) is 25.2 Å². The maximum atomic E-state index is 12.8. The molecule has 0 N–H and O–H groups in total. The maximum Gasteiger partial charge on any atom is 0.306 e. The van der Waals surface area contributed by atoms with Crippen LogP contribution in [0.15, 0.2) is 97.2 Å². The van der Waals surface area contributed by atoms with Gasteiger partial charge in [0.05, 0.1) is 6.61 Å². The molecule has 0 aliphatic heterocycles. The Bertz CT molecular complexity index is 1270. The lowest BCUT2D eigenvalue weighted by Gasteiger charge is -2.18. The highest BCUT2D eigenvalue weighted by molar-refractivity contribution is 5.70. The van der Waals surface area contributed by atoms with Gasteiger partial charge in [-0.3, -0.25) is 9.59 Å². The third kappa shape index (κ3) is 53.4. The number of carbonyl (C=O) groups is 2. The van der Waals surface area contributed by atoms with Gasteiger partial charge in [0.1, 0.15) is 6.61 Å². The molecule has 0 rings (SSSR count). The number of carbonyl (C=O) groups excluding carboxylic acids is 2. The van der Waals surface area contributed by atoms with E-state index < -0.39 is 6.10 Å². The molecule has 0 radical (unpaired) electrons. The van der Waals surface area contributed by atoms with Gasteiger partial charge in [0.15, 0.2) is 6.10 Å². The predicted octanol–water partition coefficient (Wildman–Crippen LogP) is 19.0. The topological polar surface area (TPSA) is 61.8 Å². The van der Waals surface area contributed by atoms with E-state index in [0.717, 1.165) is 109 Å². The Morgan fingerprint density at radius 3 is 1.09 bits per heavy atom. The highest BCUT2D eigenvalue weighted by Gasteiger charge is 2.17. The van der Waals surface area contributed by atoms with Crippen LogP contribution in [0.5, 0.6) is 0 Å². The van der Waals surface area contributed by atoms with E-state index in [9.17, 15) is 9.59 Å². The van der Waals surface area contributed by atoms with Crippen molar-refractivity contribution in [2.45, 2.75) is 258 Å². The Morgan fingerprint density at radius 1 is 0.348 bits per heavy atom. The van der Waals surface area contributed by atoms with Crippen LogP contribution in [0.2, 0.25) is 0 Å². The lowest BCUT2D eigenvalue weighted by molar-refractivity contribution is -0.163. The molecule has 0 aliphatic carbocycles. The summed E-state index contributed by atoms with van der Waals surface area (Å²) >= 11 is 0. The van der Waals surface area contributed by atoms with Gasteiger partial charge in [-0.15, -0.1) is 0 Å². The number of ether oxygens (including phenoxy) is 3. The van der Waals surface area contributed by atoms with Crippen molar-refractivity contribution in [2.24, 2.45) is 0 Å². The van der Waals surface area contributed by atoms with Crippen molar-refractivity contribution >= 4 is 11.9 Å². The number of rotatable bonds is 50. The highest BCUT2D eigenvalue weighted by Crippen LogP contribution is 2.15. The first-order valence-corrected chi connectivity index (χ1v) is 27.8. The molecule has 0 aromatic heterocycles. The highest BCUT2D eigenvalue weighted by atomic mass is 16.6. The van der Waals surface area contributed by atoms with E-state index in [0.29, 0.717) is 19.4 Å². The molecule has 378 valence electrons. The summed E-state index contributed by atoms with van der Waals surface area (Å²) in [7, 11) is 0. The predicted molar refractivity (Wildman–Crippen MR) is 288 cm³/mol. The summed E-state index contributed by atoms with van der Waals surface area (Å²) < 4.78 is 17.4. The zero-order chi connectivity index (χ0) is 47.7. The van der Waals surface area contributed by atoms with E-state index in [2.05, 4.69) is 118 Å². The lowest BCUT2D eigenvalue weighted by atomic mass is 10.0. The number of hydrogen-bond acceptors (Lipinski definition) is 5. The van der Waals surface area contributed by atoms with Crippen molar-refractivity contribution in [3.05, 3.63) is 97.2 Å². The number of allylic oxidation sites excluding steroid dienone is 16. The van der Waals surface area contributed by atoms with E-state index in [1.54, 1.807) is 0 Å². The van der Waals surface area contributed by atoms with Gasteiger partial charge in [0.25, 0.3) is 0 Å². The van der Waals surface area contributed by atoms with Gasteiger partial charge >= 0.3 is 11.9 Å². The standard InChI is InChI=1S/C61H104O5/c1-4-7-10-13-16-19-22-25-28-30-32-35-38-41-44-47-50-53-56-64-57-59(66-61(63)55-52-49-46-43-40-37-33-27-24-21-18-15-12-9-6-3)58-65-60(62)54-51-48-45-42-39-36-34-31-29-26-23-20-17-14-11-8-5-2/h7,9-10,12,16,18-19,21,25,27-28,32-33,35,41,44,59H,4-6,8,11,13-15,17,20,22-24,26,29-31,34,36-40,42-43,45-58H2,1-3H3/b10-7-,12-9-,19-16-,21-18-,28-25-,33-27-,35-32-,44-41-. The first-order chi connectivity index (χ1) is 32.6. The summed E-state index contributed by atoms with van der Waals surface area (Å²) in [5.41, 5.74) is 0. The van der Waals surface area contributed by atoms with E-state index in [1.165, 1.54) is 109 Å². The van der Waals surface area contributed by atoms with Gasteiger partial charge < -0.3 is 14.2 Å². The van der Waals surface area contributed by atoms with Gasteiger partial charge in [-0.1, -0.05) is 240 Å². The molecule has 0 saturated carbocycles. The molecule has 0 saturated heterocycles. The molecular formula is C61H104O5. The van der Waals surface area contributed by atoms with Crippen molar-refractivity contribution in [1.29, 1.82) is 0 Å². The minimum absolute atomic E-state index is 0.0583. The van der Waals surface area contributed by atoms with Gasteiger partial charge in [0.2, 0.25) is 0 Å². The fraction of sp³-hybridized carbons (Fsp3) is 0.705. The fourth-order valence-electron chi connectivity index (χ4n) is 7.55. The monoisotopic (exact) mass is 917 g/mol. The van der Waals surface area contributed by atoms with Gasteiger partial charge in [-0.2, -0.15) is 0 Å². The molecule has 0 aromatic rings. The van der Waals surface area contributed by atoms with Gasteiger partial charge in [-0.05, 0) is 96.3 Å². The summed E-state index contributed by atoms with van der Waals surface area (Å²) in [4.78, 5) is 25.5. The van der Waals surface area contributed by atoms with Crippen LogP contribution in [-0.2, 0) is 23.8 Å². The van der Waals surface area contributed by atoms with Crippen molar-refractivity contribution in [2.75, 3.05) is 19.8 Å². The normalized spacial score (nSPS) is 13.0. The minimum atomic E-state index is -0.572. The maximum absolute atomic E-state index is 12.8. The SMILES string of the molecule is CC/C=C\C/C=C\C/C=C\C/C=C\C/C=C\CCCCOCC(COC(=O)CCCCCCCCCCCCCCCCCCC)OC(=O)CCCCCCC/C=C\C/C=C\C/C=C\CC. The van der Waals surface area contributed by atoms with Crippen LogP contribution in [0.4, 0.5) is 0 Å². The average molecular weight is 917 g/mol. The number of hydrogen-bond donors (Lipinski definition) is 0. The Labute approximate surface area is 409 Å². The van der Waals surface area contributed by atoms with Crippen molar-refractivity contribution in [3.63, 3.8) is 0 Å². The molecule has 0 fully saturated rings. The summed E-state index contributed by atoms with van der Waals surface area (Å²) in [5, 5.41) is 0. The zero-order valence-corrected chi connectivity index (χ0v) is 43.4. The molecule has 0 aliphatic rings. The molecule has 0 amide bonds. The van der Waals surface area contributed by atoms with Crippen molar-refractivity contribution in [3.8, 4) is 0 Å². The third-order valence-electron chi connectivity index (χ3n) is 11.6. The molecular weight excluding hydrogens is 813 g/mol. The second-order valence-corrected chi connectivity index (χ2v) is 18.1. The molecule has 0 bridgehead atoms. The Balaban J connectivity index is 4.37. The molecule has 0 aromatic carbocycles. The first-order valence-electron chi connectivity index (χ1n) is 27.8. The summed E-state index contributed by atoms with van der Waals surface area (Å²) in [6.07, 6.45) is 75.7. The van der Waals surface area contributed by atoms with E-state index in [1.807, 2.05) is 0 Å². The summed E-state index contributed by atoms with van der Waals surface area (Å²) in [6, 6.07) is 0. The van der Waals surface area contributed by atoms with Crippen molar-refractivity contribution in [1.82, 2.24) is 0 Å². The summed E-state index contributed by atoms with van der Waals surface area (Å²) in [5.74, 6) is -0.437. The lowest BCUT2D eigenvalue weighted by Crippen LogP contribution is -2.30. The second kappa shape index (κ2) is 56.1. The zero-order valence-electron chi connectivity index (χ0n) is 43.4. The van der Waals surface area contributed by atoms with Gasteiger partial charge in [0, 0.05) is 19.4 Å². The van der Waals surface area contributed by atoms with Crippen LogP contribution in [0.25, 0.3) is 0 Å². The van der Waals surface area contributed by atoms with E-state index >= 15 is 0 Å². The molecule has 5 heteroatoms. The van der Waals surface area contributed by atoms with Crippen molar-refractivity contribution < 1.29 is 23.8 Å². The third-order valence-corrected chi connectivity index (χ3v) is 11.6. The van der Waals surface area contributed by atoms with Crippen LogP contribution in [-0.4, -0.2) is 37.9 Å². The summed E-state index contributed by atoms with van der Waals surface area (Å²) in [6.45, 7) is 7.50. The quantitative estimate of drug-likeness (QED) is 0.0346. The molecule has 66 heavy (non-hydrogen) atoms. The van der Waals surface area contributed by atoms with Crippen LogP contribution in [0.1, 0.15) is 252 Å². The average Bonchev–Trinajstić information content (AvgIpc) is 3.32. The van der Waals surface area contributed by atoms with E-state index in [4.69, 9.17) is 14.2 Å². The van der Waals surface area contributed by atoms with Crippen LogP contribution < -0.4 is 0 Å². The van der Waals surface area contributed by atoms with Crippen LogP contribution >= 0.6 is 0 Å². The number of esters is 2. The largest absolute Gasteiger partial charge is 0.462 e. The molecule has 1 unspecified atom stereocenters. The Kier molecular flexibility index (Phi) is 53.4. The molecule has 1 atom stereocenters. The first kappa shape index (κ1) is 62.8. The minimum Gasteiger partial charge on any atom is -0.462 e. The van der Waals surface area contributed by atoms with Gasteiger partial charge in [-0.25, -0.2) is 0 Å². The van der Waals surface area contributed by atoms with Crippen LogP contribution in [0.3, 0.4) is 0 Å².